The third-order valence-corrected chi connectivity index (χ3v) is 3.23. The van der Waals surface area contributed by atoms with Crippen LogP contribution in [0.5, 0.6) is 0 Å². The maximum Gasteiger partial charge on any atom is 0.335 e. The Balaban J connectivity index is 4.96. The van der Waals surface area contributed by atoms with Gasteiger partial charge in [-0.25, -0.2) is 4.79 Å². The van der Waals surface area contributed by atoms with Crippen molar-refractivity contribution in [2.75, 3.05) is 0 Å². The molecule has 0 saturated carbocycles. The van der Waals surface area contributed by atoms with Crippen molar-refractivity contribution in [1.29, 1.82) is 0 Å². The van der Waals surface area contributed by atoms with E-state index in [0.29, 0.717) is 11.5 Å². The minimum Gasteiger partial charge on any atom is -0.478 e. The Labute approximate surface area is 123 Å². The second-order valence-electron chi connectivity index (χ2n) is 5.43. The second-order valence-corrected chi connectivity index (χ2v) is 5.43. The molecule has 0 aliphatic heterocycles. The average Bonchev–Trinajstić information content (AvgIpc) is 2.37. The van der Waals surface area contributed by atoms with E-state index in [9.17, 15) is 9.90 Å². The van der Waals surface area contributed by atoms with Gasteiger partial charge in [-0.2, -0.15) is 0 Å². The third-order valence-electron chi connectivity index (χ3n) is 3.23. The minimum absolute atomic E-state index is 0.277. The van der Waals surface area contributed by atoms with Crippen LogP contribution in [-0.2, 0) is 4.79 Å². The van der Waals surface area contributed by atoms with Gasteiger partial charge in [-0.3, -0.25) is 0 Å². The minimum atomic E-state index is -0.861. The zero-order chi connectivity index (χ0) is 15.5. The molecule has 2 nitrogen and oxygen atoms in total. The Morgan fingerprint density at radius 3 is 2.40 bits per heavy atom. The van der Waals surface area contributed by atoms with Crippen LogP contribution in [0, 0.1) is 11.8 Å². The molecule has 0 aromatic rings. The Kier molecular flexibility index (Phi) is 9.44. The lowest BCUT2D eigenvalue weighted by Crippen LogP contribution is -2.04. The van der Waals surface area contributed by atoms with Crippen molar-refractivity contribution in [2.24, 2.45) is 11.8 Å². The van der Waals surface area contributed by atoms with Crippen LogP contribution in [-0.4, -0.2) is 11.1 Å². The van der Waals surface area contributed by atoms with Crippen LogP contribution in [0.15, 0.2) is 47.6 Å². The van der Waals surface area contributed by atoms with Crippen molar-refractivity contribution >= 4 is 5.97 Å². The molecular weight excluding hydrogens is 248 g/mol. The molecule has 112 valence electrons. The molecule has 0 aromatic carbocycles. The Bertz CT molecular complexity index is 411. The van der Waals surface area contributed by atoms with Gasteiger partial charge in [-0.15, -0.1) is 0 Å². The van der Waals surface area contributed by atoms with E-state index in [4.69, 9.17) is 0 Å². The van der Waals surface area contributed by atoms with Gasteiger partial charge in [0.25, 0.3) is 0 Å². The van der Waals surface area contributed by atoms with E-state index < -0.39 is 5.97 Å². The van der Waals surface area contributed by atoms with Gasteiger partial charge < -0.3 is 5.11 Å². The van der Waals surface area contributed by atoms with E-state index in [1.165, 1.54) is 0 Å². The van der Waals surface area contributed by atoms with E-state index in [0.717, 1.165) is 18.4 Å². The molecule has 0 rings (SSSR count). The summed E-state index contributed by atoms with van der Waals surface area (Å²) in [5.41, 5.74) is 1.32. The lowest BCUT2D eigenvalue weighted by atomic mass is 9.93. The molecule has 2 unspecified atom stereocenters. The first-order valence-electron chi connectivity index (χ1n) is 7.33. The van der Waals surface area contributed by atoms with Gasteiger partial charge in [0.1, 0.15) is 0 Å². The maximum absolute atomic E-state index is 11.3. The highest BCUT2D eigenvalue weighted by Gasteiger charge is 2.09. The van der Waals surface area contributed by atoms with Gasteiger partial charge >= 0.3 is 5.97 Å². The normalized spacial score (nSPS) is 16.9. The van der Waals surface area contributed by atoms with Crippen LogP contribution in [0.3, 0.4) is 0 Å². The van der Waals surface area contributed by atoms with Crippen LogP contribution < -0.4 is 0 Å². The first-order chi connectivity index (χ1) is 9.40. The lowest BCUT2D eigenvalue weighted by Gasteiger charge is -2.12. The van der Waals surface area contributed by atoms with Crippen LogP contribution >= 0.6 is 0 Å². The molecule has 0 aromatic heterocycles. The molecule has 0 heterocycles. The highest BCUT2D eigenvalue weighted by Crippen LogP contribution is 2.18. The number of carbonyl (C=O) groups is 1. The standard InChI is InChI=1S/C18H28O2/c1-6-8-9-10-15(4)12-17(18(19)20)13-16(5)11-14(3)7-2/h6,8-10,12-14,16H,7,11H2,1-5H3,(H,19,20). The van der Waals surface area contributed by atoms with Gasteiger partial charge in [0, 0.05) is 0 Å². The predicted octanol–water partition coefficient (Wildman–Crippen LogP) is 5.15. The monoisotopic (exact) mass is 276 g/mol. The second kappa shape index (κ2) is 10.2. The summed E-state index contributed by atoms with van der Waals surface area (Å²) in [5, 5.41) is 9.28. The largest absolute Gasteiger partial charge is 0.478 e. The number of carboxylic acid groups (broad SMARTS) is 1. The average molecular weight is 276 g/mol. The molecular formula is C18H28O2. The summed E-state index contributed by atoms with van der Waals surface area (Å²) < 4.78 is 0. The Hall–Kier alpha value is -1.57. The molecule has 1 N–H and O–H groups in total. The topological polar surface area (TPSA) is 37.3 Å². The van der Waals surface area contributed by atoms with E-state index in [1.54, 1.807) is 6.08 Å². The van der Waals surface area contributed by atoms with Crippen LogP contribution in [0.25, 0.3) is 0 Å². The Morgan fingerprint density at radius 2 is 1.90 bits per heavy atom. The molecule has 0 radical (unpaired) electrons. The van der Waals surface area contributed by atoms with E-state index in [2.05, 4.69) is 20.8 Å². The van der Waals surface area contributed by atoms with Crippen molar-refractivity contribution in [3.8, 4) is 0 Å². The van der Waals surface area contributed by atoms with Gasteiger partial charge in [0.15, 0.2) is 0 Å². The zero-order valence-corrected chi connectivity index (χ0v) is 13.4. The molecule has 0 fully saturated rings. The highest BCUT2D eigenvalue weighted by atomic mass is 16.4. The fourth-order valence-electron chi connectivity index (χ4n) is 1.97. The number of rotatable bonds is 8. The van der Waals surface area contributed by atoms with E-state index in [-0.39, 0.29) is 5.92 Å². The number of aliphatic carboxylic acids is 1. The van der Waals surface area contributed by atoms with Crippen molar-refractivity contribution < 1.29 is 9.90 Å². The Morgan fingerprint density at radius 1 is 1.25 bits per heavy atom. The summed E-state index contributed by atoms with van der Waals surface area (Å²) >= 11 is 0. The summed E-state index contributed by atoms with van der Waals surface area (Å²) in [5.74, 6) is 0.0374. The molecule has 2 heteroatoms. The van der Waals surface area contributed by atoms with Crippen LogP contribution in [0.1, 0.15) is 47.5 Å². The zero-order valence-electron chi connectivity index (χ0n) is 13.4. The molecule has 0 amide bonds. The van der Waals surface area contributed by atoms with Gasteiger partial charge in [0.2, 0.25) is 0 Å². The number of allylic oxidation sites excluding steroid dienone is 6. The summed E-state index contributed by atoms with van der Waals surface area (Å²) in [6, 6.07) is 0. The van der Waals surface area contributed by atoms with Crippen LogP contribution in [0.4, 0.5) is 0 Å². The van der Waals surface area contributed by atoms with E-state index in [1.807, 2.05) is 44.2 Å². The van der Waals surface area contributed by atoms with Crippen molar-refractivity contribution in [2.45, 2.75) is 47.5 Å². The maximum atomic E-state index is 11.3. The summed E-state index contributed by atoms with van der Waals surface area (Å²) in [7, 11) is 0. The van der Waals surface area contributed by atoms with Crippen molar-refractivity contribution in [3.05, 3.63) is 47.6 Å². The fourth-order valence-corrected chi connectivity index (χ4v) is 1.97. The SMILES string of the molecule is CC=CC=CC(C)=CC(=CC(C)CC(C)CC)C(=O)O. The van der Waals surface area contributed by atoms with Crippen molar-refractivity contribution in [1.82, 2.24) is 0 Å². The summed E-state index contributed by atoms with van der Waals surface area (Å²) in [6.45, 7) is 10.3. The molecule has 20 heavy (non-hydrogen) atoms. The molecule has 0 saturated heterocycles. The lowest BCUT2D eigenvalue weighted by molar-refractivity contribution is -0.132. The summed E-state index contributed by atoms with van der Waals surface area (Å²) in [6.07, 6.45) is 13.4. The predicted molar refractivity (Wildman–Crippen MR) is 86.7 cm³/mol. The van der Waals surface area contributed by atoms with Gasteiger partial charge in [0.05, 0.1) is 5.57 Å². The number of hydrogen-bond donors (Lipinski definition) is 1. The number of hydrogen-bond acceptors (Lipinski definition) is 1. The van der Waals surface area contributed by atoms with Crippen LogP contribution in [0.2, 0.25) is 0 Å². The smallest absolute Gasteiger partial charge is 0.335 e. The molecule has 2 atom stereocenters. The molecule has 0 bridgehead atoms. The number of carboxylic acids is 1. The van der Waals surface area contributed by atoms with Crippen molar-refractivity contribution in [3.63, 3.8) is 0 Å². The molecule has 0 spiro atoms. The summed E-state index contributed by atoms with van der Waals surface area (Å²) in [4.78, 5) is 11.3. The molecule has 0 aliphatic rings. The van der Waals surface area contributed by atoms with Gasteiger partial charge in [-0.05, 0) is 38.2 Å². The first-order valence-corrected chi connectivity index (χ1v) is 7.33. The van der Waals surface area contributed by atoms with E-state index >= 15 is 0 Å². The highest BCUT2D eigenvalue weighted by molar-refractivity contribution is 5.90. The quantitative estimate of drug-likeness (QED) is 0.492. The first kappa shape index (κ1) is 18.4. The van der Waals surface area contributed by atoms with Gasteiger partial charge in [-0.1, -0.05) is 63.1 Å². The molecule has 0 aliphatic carbocycles. The fraction of sp³-hybridized carbons (Fsp3) is 0.500. The third kappa shape index (κ3) is 8.52.